The van der Waals surface area contributed by atoms with Gasteiger partial charge in [-0.25, -0.2) is 0 Å². The molecule has 1 aliphatic rings. The van der Waals surface area contributed by atoms with E-state index >= 15 is 0 Å². The Morgan fingerprint density at radius 3 is 2.50 bits per heavy atom. The number of nitrogens with zero attached hydrogens (tertiary/aromatic N) is 1. The summed E-state index contributed by atoms with van der Waals surface area (Å²) in [5, 5.41) is 3.56. The fourth-order valence-electron chi connectivity index (χ4n) is 3.53. The minimum Gasteiger partial charge on any atom is -0.335 e. The van der Waals surface area contributed by atoms with Gasteiger partial charge in [0.15, 0.2) is 0 Å². The van der Waals surface area contributed by atoms with Gasteiger partial charge in [-0.05, 0) is 49.6 Å². The molecule has 5 heteroatoms. The molecule has 1 saturated heterocycles. The van der Waals surface area contributed by atoms with Gasteiger partial charge in [0.1, 0.15) is 0 Å². The SMILES string of the molecule is CC(=O)N1CC(C(=O)Nc2ccc(Cl)cc2)CCC1c1cccc(C)c1. The van der Waals surface area contributed by atoms with E-state index in [0.717, 1.165) is 24.1 Å². The Morgan fingerprint density at radius 1 is 1.12 bits per heavy atom. The Hall–Kier alpha value is -2.33. The summed E-state index contributed by atoms with van der Waals surface area (Å²) >= 11 is 5.88. The molecular formula is C21H23ClN2O2. The number of piperidine rings is 1. The minimum atomic E-state index is -0.212. The van der Waals surface area contributed by atoms with Crippen LogP contribution in [0.1, 0.15) is 36.9 Å². The lowest BCUT2D eigenvalue weighted by Crippen LogP contribution is -2.44. The Bertz CT molecular complexity index is 804. The Kier molecular flexibility index (Phi) is 5.62. The molecule has 4 nitrogen and oxygen atoms in total. The first kappa shape index (κ1) is 18.5. The second kappa shape index (κ2) is 7.92. The van der Waals surface area contributed by atoms with Crippen LogP contribution in [0.4, 0.5) is 5.69 Å². The fraction of sp³-hybridized carbons (Fsp3) is 0.333. The summed E-state index contributed by atoms with van der Waals surface area (Å²) in [4.78, 5) is 26.7. The number of carbonyl (C=O) groups is 2. The van der Waals surface area contributed by atoms with E-state index in [9.17, 15) is 9.59 Å². The summed E-state index contributed by atoms with van der Waals surface area (Å²) in [7, 11) is 0. The first-order valence-corrected chi connectivity index (χ1v) is 9.22. The third-order valence-electron chi connectivity index (χ3n) is 4.90. The summed E-state index contributed by atoms with van der Waals surface area (Å²) in [5.41, 5.74) is 3.03. The molecule has 3 rings (SSSR count). The van der Waals surface area contributed by atoms with Crippen LogP contribution in [0, 0.1) is 12.8 Å². The fourth-order valence-corrected chi connectivity index (χ4v) is 3.66. The van der Waals surface area contributed by atoms with Gasteiger partial charge in [-0.3, -0.25) is 9.59 Å². The molecule has 0 aliphatic carbocycles. The molecule has 0 radical (unpaired) electrons. The third-order valence-corrected chi connectivity index (χ3v) is 5.15. The summed E-state index contributed by atoms with van der Waals surface area (Å²) in [5.74, 6) is -0.266. The van der Waals surface area contributed by atoms with Crippen molar-refractivity contribution in [3.8, 4) is 0 Å². The van der Waals surface area contributed by atoms with E-state index in [1.165, 1.54) is 5.56 Å². The molecule has 26 heavy (non-hydrogen) atoms. The number of carbonyl (C=O) groups excluding carboxylic acids is 2. The van der Waals surface area contributed by atoms with Crippen LogP contribution in [0.3, 0.4) is 0 Å². The zero-order valence-electron chi connectivity index (χ0n) is 15.0. The molecule has 1 heterocycles. The van der Waals surface area contributed by atoms with Crippen molar-refractivity contribution in [1.29, 1.82) is 0 Å². The maximum Gasteiger partial charge on any atom is 0.229 e. The van der Waals surface area contributed by atoms with Crippen molar-refractivity contribution < 1.29 is 9.59 Å². The number of hydrogen-bond acceptors (Lipinski definition) is 2. The normalized spacial score (nSPS) is 19.9. The van der Waals surface area contributed by atoms with Crippen molar-refractivity contribution >= 4 is 29.1 Å². The largest absolute Gasteiger partial charge is 0.335 e. The molecule has 2 aromatic rings. The number of aryl methyl sites for hydroxylation is 1. The van der Waals surface area contributed by atoms with Gasteiger partial charge in [-0.15, -0.1) is 0 Å². The molecule has 1 N–H and O–H groups in total. The highest BCUT2D eigenvalue weighted by atomic mass is 35.5. The van der Waals surface area contributed by atoms with Crippen LogP contribution in [0.15, 0.2) is 48.5 Å². The zero-order valence-corrected chi connectivity index (χ0v) is 15.8. The van der Waals surface area contributed by atoms with E-state index < -0.39 is 0 Å². The van der Waals surface area contributed by atoms with Crippen LogP contribution in [-0.4, -0.2) is 23.3 Å². The first-order valence-electron chi connectivity index (χ1n) is 8.84. The molecule has 1 aliphatic heterocycles. The van der Waals surface area contributed by atoms with Gasteiger partial charge in [-0.1, -0.05) is 41.4 Å². The number of likely N-dealkylation sites (tertiary alicyclic amines) is 1. The van der Waals surface area contributed by atoms with E-state index in [1.54, 1.807) is 31.2 Å². The molecule has 0 aromatic heterocycles. The lowest BCUT2D eigenvalue weighted by molar-refractivity contribution is -0.135. The van der Waals surface area contributed by atoms with Crippen molar-refractivity contribution in [2.24, 2.45) is 5.92 Å². The lowest BCUT2D eigenvalue weighted by Gasteiger charge is -2.39. The molecule has 0 saturated carbocycles. The Balaban J connectivity index is 1.72. The van der Waals surface area contributed by atoms with Gasteiger partial charge >= 0.3 is 0 Å². The average Bonchev–Trinajstić information content (AvgIpc) is 2.63. The monoisotopic (exact) mass is 370 g/mol. The smallest absolute Gasteiger partial charge is 0.229 e. The highest BCUT2D eigenvalue weighted by molar-refractivity contribution is 6.30. The van der Waals surface area contributed by atoms with E-state index in [0.29, 0.717) is 11.6 Å². The van der Waals surface area contributed by atoms with Gasteiger partial charge in [0, 0.05) is 24.2 Å². The first-order chi connectivity index (χ1) is 12.4. The van der Waals surface area contributed by atoms with Crippen LogP contribution in [0.2, 0.25) is 5.02 Å². The number of anilines is 1. The highest BCUT2D eigenvalue weighted by Gasteiger charge is 2.34. The quantitative estimate of drug-likeness (QED) is 0.859. The molecule has 136 valence electrons. The number of amides is 2. The lowest BCUT2D eigenvalue weighted by atomic mass is 9.88. The van der Waals surface area contributed by atoms with Crippen molar-refractivity contribution in [3.63, 3.8) is 0 Å². The van der Waals surface area contributed by atoms with E-state index in [4.69, 9.17) is 11.6 Å². The number of hydrogen-bond donors (Lipinski definition) is 1. The molecule has 0 spiro atoms. The summed E-state index contributed by atoms with van der Waals surface area (Å²) in [6.07, 6.45) is 1.53. The van der Waals surface area contributed by atoms with Crippen LogP contribution >= 0.6 is 11.6 Å². The standard InChI is InChI=1S/C21H23ClN2O2/c1-14-4-3-5-16(12-14)20-11-6-17(13-24(20)15(2)25)21(26)23-19-9-7-18(22)8-10-19/h3-5,7-10,12,17,20H,6,11,13H2,1-2H3,(H,23,26). The summed E-state index contributed by atoms with van der Waals surface area (Å²) < 4.78 is 0. The second-order valence-electron chi connectivity index (χ2n) is 6.87. The predicted molar refractivity (Wildman–Crippen MR) is 104 cm³/mol. The topological polar surface area (TPSA) is 49.4 Å². The van der Waals surface area contributed by atoms with Crippen LogP contribution in [0.25, 0.3) is 0 Å². The van der Waals surface area contributed by atoms with Gasteiger partial charge in [-0.2, -0.15) is 0 Å². The number of rotatable bonds is 3. The average molecular weight is 371 g/mol. The molecule has 2 atom stereocenters. The minimum absolute atomic E-state index is 0.000462. The van der Waals surface area contributed by atoms with Gasteiger partial charge in [0.25, 0.3) is 0 Å². The number of halogens is 1. The Morgan fingerprint density at radius 2 is 1.85 bits per heavy atom. The van der Waals surface area contributed by atoms with E-state index in [2.05, 4.69) is 17.4 Å². The number of nitrogens with one attached hydrogen (secondary N) is 1. The van der Waals surface area contributed by atoms with Crippen LogP contribution in [0.5, 0.6) is 0 Å². The maximum absolute atomic E-state index is 12.6. The van der Waals surface area contributed by atoms with Crippen molar-refractivity contribution in [3.05, 3.63) is 64.7 Å². The van der Waals surface area contributed by atoms with Crippen LogP contribution in [-0.2, 0) is 9.59 Å². The summed E-state index contributed by atoms with van der Waals surface area (Å²) in [6.45, 7) is 4.06. The summed E-state index contributed by atoms with van der Waals surface area (Å²) in [6, 6.07) is 15.3. The predicted octanol–water partition coefficient (Wildman–Crippen LogP) is 4.59. The van der Waals surface area contributed by atoms with E-state index in [-0.39, 0.29) is 23.8 Å². The second-order valence-corrected chi connectivity index (χ2v) is 7.31. The van der Waals surface area contributed by atoms with Crippen molar-refractivity contribution in [2.45, 2.75) is 32.7 Å². The van der Waals surface area contributed by atoms with Gasteiger partial charge in [0.2, 0.25) is 11.8 Å². The highest BCUT2D eigenvalue weighted by Crippen LogP contribution is 2.34. The zero-order chi connectivity index (χ0) is 18.7. The molecule has 2 unspecified atom stereocenters. The van der Waals surface area contributed by atoms with Gasteiger partial charge in [0.05, 0.1) is 12.0 Å². The van der Waals surface area contributed by atoms with Crippen LogP contribution < -0.4 is 5.32 Å². The number of benzene rings is 2. The molecule has 2 amide bonds. The molecular weight excluding hydrogens is 348 g/mol. The molecule has 2 aromatic carbocycles. The molecule has 1 fully saturated rings. The third kappa shape index (κ3) is 4.25. The van der Waals surface area contributed by atoms with E-state index in [1.807, 2.05) is 24.0 Å². The Labute approximate surface area is 159 Å². The van der Waals surface area contributed by atoms with Gasteiger partial charge < -0.3 is 10.2 Å². The van der Waals surface area contributed by atoms with Crippen molar-refractivity contribution in [1.82, 2.24) is 4.90 Å². The van der Waals surface area contributed by atoms with Crippen molar-refractivity contribution in [2.75, 3.05) is 11.9 Å². The molecule has 0 bridgehead atoms. The maximum atomic E-state index is 12.6.